The summed E-state index contributed by atoms with van der Waals surface area (Å²) in [5, 5.41) is 12.0. The minimum Gasteiger partial charge on any atom is -0.369 e. The molecule has 1 amide bonds. The third kappa shape index (κ3) is 3.98. The molecule has 1 atom stereocenters. The molecule has 0 unspecified atom stereocenters. The van der Waals surface area contributed by atoms with Crippen LogP contribution in [0, 0.1) is 11.3 Å². The van der Waals surface area contributed by atoms with Gasteiger partial charge in [0.15, 0.2) is 0 Å². The van der Waals surface area contributed by atoms with E-state index in [9.17, 15) is 4.79 Å². The summed E-state index contributed by atoms with van der Waals surface area (Å²) in [6.45, 7) is 5.39. The highest BCUT2D eigenvalue weighted by Crippen LogP contribution is 2.18. The number of anilines is 2. The van der Waals surface area contributed by atoms with Crippen LogP contribution in [0.15, 0.2) is 54.6 Å². The van der Waals surface area contributed by atoms with Crippen LogP contribution in [0.25, 0.3) is 0 Å². The van der Waals surface area contributed by atoms with Crippen LogP contribution in [-0.4, -0.2) is 43.0 Å². The normalized spacial score (nSPS) is 16.1. The molecule has 1 aliphatic heterocycles. The molecule has 5 nitrogen and oxygen atoms in total. The van der Waals surface area contributed by atoms with Crippen molar-refractivity contribution in [2.75, 3.05) is 36.4 Å². The fraction of sp³-hybridized carbons (Fsp3) is 0.300. The Morgan fingerprint density at radius 3 is 2.36 bits per heavy atom. The van der Waals surface area contributed by atoms with E-state index in [-0.39, 0.29) is 11.9 Å². The Bertz CT molecular complexity index is 761. The van der Waals surface area contributed by atoms with E-state index in [0.717, 1.165) is 26.2 Å². The molecule has 25 heavy (non-hydrogen) atoms. The monoisotopic (exact) mass is 334 g/mol. The Balaban J connectivity index is 1.58. The van der Waals surface area contributed by atoms with E-state index >= 15 is 0 Å². The van der Waals surface area contributed by atoms with Gasteiger partial charge >= 0.3 is 0 Å². The number of hydrogen-bond donors (Lipinski definition) is 1. The highest BCUT2D eigenvalue weighted by Gasteiger charge is 2.26. The van der Waals surface area contributed by atoms with Gasteiger partial charge < -0.3 is 10.2 Å². The first-order valence-electron chi connectivity index (χ1n) is 8.53. The van der Waals surface area contributed by atoms with Crippen molar-refractivity contribution in [3.63, 3.8) is 0 Å². The van der Waals surface area contributed by atoms with Gasteiger partial charge in [-0.15, -0.1) is 0 Å². The van der Waals surface area contributed by atoms with Gasteiger partial charge in [-0.3, -0.25) is 9.69 Å². The van der Waals surface area contributed by atoms with Crippen molar-refractivity contribution < 1.29 is 4.79 Å². The fourth-order valence-corrected chi connectivity index (χ4v) is 3.10. The maximum atomic E-state index is 12.6. The molecule has 5 heteroatoms. The number of carbonyl (C=O) groups excluding carboxylic acids is 1. The zero-order chi connectivity index (χ0) is 17.6. The van der Waals surface area contributed by atoms with Gasteiger partial charge in [-0.05, 0) is 31.2 Å². The SMILES string of the molecule is C[C@H](C(=O)Nc1ccccc1C#N)N1CCN(c2ccccc2)CC1. The number of hydrogen-bond acceptors (Lipinski definition) is 4. The first kappa shape index (κ1) is 17.0. The largest absolute Gasteiger partial charge is 0.369 e. The quantitative estimate of drug-likeness (QED) is 0.934. The Kier molecular flexibility index (Phi) is 5.32. The lowest BCUT2D eigenvalue weighted by atomic mass is 10.1. The molecule has 0 saturated carbocycles. The lowest BCUT2D eigenvalue weighted by Crippen LogP contribution is -2.52. The van der Waals surface area contributed by atoms with E-state index in [4.69, 9.17) is 5.26 Å². The third-order valence-corrected chi connectivity index (χ3v) is 4.67. The van der Waals surface area contributed by atoms with E-state index < -0.39 is 0 Å². The predicted molar refractivity (Wildman–Crippen MR) is 99.5 cm³/mol. The smallest absolute Gasteiger partial charge is 0.241 e. The molecule has 2 aromatic carbocycles. The minimum atomic E-state index is -0.232. The molecule has 1 fully saturated rings. The second-order valence-corrected chi connectivity index (χ2v) is 6.18. The lowest BCUT2D eigenvalue weighted by molar-refractivity contribution is -0.120. The highest BCUT2D eigenvalue weighted by atomic mass is 16.2. The van der Waals surface area contributed by atoms with Gasteiger partial charge in [-0.2, -0.15) is 5.26 Å². The average molecular weight is 334 g/mol. The van der Waals surface area contributed by atoms with E-state index in [1.807, 2.05) is 31.2 Å². The first-order chi connectivity index (χ1) is 12.2. The zero-order valence-electron chi connectivity index (χ0n) is 14.4. The topological polar surface area (TPSA) is 59.4 Å². The standard InChI is InChI=1S/C20H22N4O/c1-16(20(25)22-19-10-6-5-7-17(19)15-21)23-11-13-24(14-12-23)18-8-3-2-4-9-18/h2-10,16H,11-14H2,1H3,(H,22,25)/t16-/m1/s1. The van der Waals surface area contributed by atoms with Crippen LogP contribution in [0.2, 0.25) is 0 Å². The fourth-order valence-electron chi connectivity index (χ4n) is 3.10. The molecular weight excluding hydrogens is 312 g/mol. The molecule has 0 spiro atoms. The summed E-state index contributed by atoms with van der Waals surface area (Å²) in [7, 11) is 0. The number of nitrogens with one attached hydrogen (secondary N) is 1. The lowest BCUT2D eigenvalue weighted by Gasteiger charge is -2.38. The van der Waals surface area contributed by atoms with Gasteiger partial charge in [-0.1, -0.05) is 30.3 Å². The average Bonchev–Trinajstić information content (AvgIpc) is 2.68. The molecule has 1 heterocycles. The maximum Gasteiger partial charge on any atom is 0.241 e. The van der Waals surface area contributed by atoms with Crippen LogP contribution in [0.5, 0.6) is 0 Å². The molecule has 1 N–H and O–H groups in total. The van der Waals surface area contributed by atoms with Gasteiger partial charge in [-0.25, -0.2) is 0 Å². The summed E-state index contributed by atoms with van der Waals surface area (Å²) in [5.41, 5.74) is 2.28. The number of amides is 1. The van der Waals surface area contributed by atoms with E-state index in [1.165, 1.54) is 5.69 Å². The molecule has 1 saturated heterocycles. The summed E-state index contributed by atoms with van der Waals surface area (Å²) in [5.74, 6) is -0.0733. The number of benzene rings is 2. The number of rotatable bonds is 4. The van der Waals surface area contributed by atoms with Crippen molar-refractivity contribution in [1.29, 1.82) is 5.26 Å². The number of para-hydroxylation sites is 2. The Morgan fingerprint density at radius 1 is 1.04 bits per heavy atom. The van der Waals surface area contributed by atoms with Crippen LogP contribution < -0.4 is 10.2 Å². The molecule has 1 aliphatic rings. The molecular formula is C20H22N4O. The third-order valence-electron chi connectivity index (χ3n) is 4.67. The van der Waals surface area contributed by atoms with E-state index in [1.54, 1.807) is 18.2 Å². The van der Waals surface area contributed by atoms with Crippen molar-refractivity contribution in [3.8, 4) is 6.07 Å². The van der Waals surface area contributed by atoms with E-state index in [2.05, 4.69) is 33.3 Å². The van der Waals surface area contributed by atoms with E-state index in [0.29, 0.717) is 11.3 Å². The van der Waals surface area contributed by atoms with Crippen molar-refractivity contribution >= 4 is 17.3 Å². The molecule has 3 rings (SSSR count). The number of nitriles is 1. The number of carbonyl (C=O) groups is 1. The summed E-state index contributed by atoms with van der Waals surface area (Å²) in [4.78, 5) is 17.1. The van der Waals surface area contributed by atoms with Gasteiger partial charge in [0.25, 0.3) is 0 Å². The van der Waals surface area contributed by atoms with Gasteiger partial charge in [0.2, 0.25) is 5.91 Å². The Labute approximate surface area is 148 Å². The summed E-state index contributed by atoms with van der Waals surface area (Å²) in [6, 6.07) is 19.3. The molecule has 0 bridgehead atoms. The molecule has 0 radical (unpaired) electrons. The highest BCUT2D eigenvalue weighted by molar-refractivity contribution is 5.95. The van der Waals surface area contributed by atoms with Crippen molar-refractivity contribution in [2.45, 2.75) is 13.0 Å². The zero-order valence-corrected chi connectivity index (χ0v) is 14.4. The van der Waals surface area contributed by atoms with Crippen molar-refractivity contribution in [2.24, 2.45) is 0 Å². The van der Waals surface area contributed by atoms with Crippen LogP contribution in [0.1, 0.15) is 12.5 Å². The summed E-state index contributed by atoms with van der Waals surface area (Å²) >= 11 is 0. The second kappa shape index (κ2) is 7.82. The maximum absolute atomic E-state index is 12.6. The number of piperazine rings is 1. The Morgan fingerprint density at radius 2 is 1.68 bits per heavy atom. The molecule has 2 aromatic rings. The Hall–Kier alpha value is -2.84. The van der Waals surface area contributed by atoms with Crippen molar-refractivity contribution in [3.05, 3.63) is 60.2 Å². The second-order valence-electron chi connectivity index (χ2n) is 6.18. The first-order valence-corrected chi connectivity index (χ1v) is 8.53. The summed E-state index contributed by atoms with van der Waals surface area (Å²) < 4.78 is 0. The van der Waals surface area contributed by atoms with Crippen molar-refractivity contribution in [1.82, 2.24) is 4.90 Å². The number of nitrogens with zero attached hydrogens (tertiary/aromatic N) is 3. The minimum absolute atomic E-state index is 0.0733. The molecule has 0 aliphatic carbocycles. The molecule has 0 aromatic heterocycles. The van der Waals surface area contributed by atoms with Gasteiger partial charge in [0.1, 0.15) is 6.07 Å². The summed E-state index contributed by atoms with van der Waals surface area (Å²) in [6.07, 6.45) is 0. The van der Waals surface area contributed by atoms with Gasteiger partial charge in [0.05, 0.1) is 17.3 Å². The van der Waals surface area contributed by atoms with Crippen LogP contribution >= 0.6 is 0 Å². The van der Waals surface area contributed by atoms with Crippen LogP contribution in [0.4, 0.5) is 11.4 Å². The van der Waals surface area contributed by atoms with Crippen LogP contribution in [0.3, 0.4) is 0 Å². The van der Waals surface area contributed by atoms with Gasteiger partial charge in [0, 0.05) is 31.9 Å². The predicted octanol–water partition coefficient (Wildman–Crippen LogP) is 2.71. The van der Waals surface area contributed by atoms with Crippen LogP contribution in [-0.2, 0) is 4.79 Å². The molecule has 128 valence electrons.